The van der Waals surface area contributed by atoms with Crippen LogP contribution in [-0.2, 0) is 0 Å². The lowest BCUT2D eigenvalue weighted by Crippen LogP contribution is -1.89. The number of carbonyl (C=O) groups is 2. The van der Waals surface area contributed by atoms with E-state index in [-0.39, 0.29) is 11.5 Å². The van der Waals surface area contributed by atoms with E-state index in [1.54, 1.807) is 37.4 Å². The van der Waals surface area contributed by atoms with Crippen LogP contribution in [0.5, 0.6) is 5.75 Å². The van der Waals surface area contributed by atoms with Gasteiger partial charge in [0.15, 0.2) is 23.6 Å². The van der Waals surface area contributed by atoms with Gasteiger partial charge in [0.05, 0.1) is 12.7 Å². The highest BCUT2D eigenvalue weighted by molar-refractivity contribution is 5.92. The van der Waals surface area contributed by atoms with E-state index in [1.807, 2.05) is 12.1 Å². The Morgan fingerprint density at radius 1 is 1.04 bits per heavy atom. The lowest BCUT2D eigenvalue weighted by Gasteiger charge is -2.08. The van der Waals surface area contributed by atoms with Crippen LogP contribution < -0.4 is 4.74 Å². The van der Waals surface area contributed by atoms with Crippen LogP contribution in [0.1, 0.15) is 28.0 Å². The largest absolute Gasteiger partial charge is 0.496 e. The second-order valence-corrected chi connectivity index (χ2v) is 4.96. The summed E-state index contributed by atoms with van der Waals surface area (Å²) in [5.41, 5.74) is 1.50. The summed E-state index contributed by atoms with van der Waals surface area (Å²) >= 11 is 0. The van der Waals surface area contributed by atoms with Gasteiger partial charge in [-0.15, -0.1) is 0 Å². The van der Waals surface area contributed by atoms with Crippen molar-refractivity contribution < 1.29 is 23.2 Å². The summed E-state index contributed by atoms with van der Waals surface area (Å²) in [6.45, 7) is 1.45. The standard InChI is InChI=1S/C18H14O5/c1-11(20)15-7-8-17(23-15)14-5-3-12(9-18(14)21-2)16-6-4-13(10-19)22-16/h3-10H,1-2H3. The summed E-state index contributed by atoms with van der Waals surface area (Å²) in [6, 6.07) is 12.1. The fourth-order valence-electron chi connectivity index (χ4n) is 2.29. The highest BCUT2D eigenvalue weighted by Crippen LogP contribution is 2.35. The summed E-state index contributed by atoms with van der Waals surface area (Å²) in [5.74, 6) is 2.13. The first-order valence-electron chi connectivity index (χ1n) is 6.97. The summed E-state index contributed by atoms with van der Waals surface area (Å²) in [4.78, 5) is 22.1. The van der Waals surface area contributed by atoms with Crippen molar-refractivity contribution in [2.45, 2.75) is 6.92 Å². The van der Waals surface area contributed by atoms with Crippen molar-refractivity contribution in [3.05, 3.63) is 54.0 Å². The first-order valence-corrected chi connectivity index (χ1v) is 6.97. The molecule has 2 heterocycles. The van der Waals surface area contributed by atoms with Gasteiger partial charge in [-0.25, -0.2) is 0 Å². The Kier molecular flexibility index (Phi) is 3.85. The zero-order chi connectivity index (χ0) is 16.4. The monoisotopic (exact) mass is 310 g/mol. The normalized spacial score (nSPS) is 10.5. The van der Waals surface area contributed by atoms with Gasteiger partial charge in [-0.05, 0) is 36.4 Å². The van der Waals surface area contributed by atoms with Crippen LogP contribution in [0, 0.1) is 0 Å². The Bertz CT molecular complexity index is 869. The van der Waals surface area contributed by atoms with Gasteiger partial charge in [-0.3, -0.25) is 9.59 Å². The number of aldehydes is 1. The van der Waals surface area contributed by atoms with Crippen molar-refractivity contribution in [2.24, 2.45) is 0 Å². The molecule has 2 aromatic heterocycles. The van der Waals surface area contributed by atoms with Gasteiger partial charge in [0.2, 0.25) is 0 Å². The molecule has 5 heteroatoms. The Balaban J connectivity index is 2.02. The molecule has 0 bridgehead atoms. The zero-order valence-electron chi connectivity index (χ0n) is 12.7. The van der Waals surface area contributed by atoms with Crippen molar-refractivity contribution >= 4 is 12.1 Å². The Hall–Kier alpha value is -3.08. The van der Waals surface area contributed by atoms with Crippen molar-refractivity contribution in [2.75, 3.05) is 7.11 Å². The fourth-order valence-corrected chi connectivity index (χ4v) is 2.29. The number of rotatable bonds is 5. The number of hydrogen-bond acceptors (Lipinski definition) is 5. The number of hydrogen-bond donors (Lipinski definition) is 0. The minimum absolute atomic E-state index is 0.135. The third-order valence-electron chi connectivity index (χ3n) is 3.45. The molecule has 0 spiro atoms. The number of ketones is 1. The van der Waals surface area contributed by atoms with Crippen LogP contribution in [0.4, 0.5) is 0 Å². The lowest BCUT2D eigenvalue weighted by molar-refractivity contribution is 0.0987. The molecule has 0 N–H and O–H groups in total. The minimum atomic E-state index is -0.135. The molecule has 0 radical (unpaired) electrons. The van der Waals surface area contributed by atoms with Gasteiger partial charge in [0.25, 0.3) is 0 Å². The van der Waals surface area contributed by atoms with E-state index in [0.29, 0.717) is 29.3 Å². The van der Waals surface area contributed by atoms with Crippen molar-refractivity contribution in [3.8, 4) is 28.4 Å². The first-order chi connectivity index (χ1) is 11.1. The van der Waals surface area contributed by atoms with E-state index in [2.05, 4.69) is 0 Å². The van der Waals surface area contributed by atoms with Crippen molar-refractivity contribution in [3.63, 3.8) is 0 Å². The van der Waals surface area contributed by atoms with Crippen LogP contribution in [0.2, 0.25) is 0 Å². The Morgan fingerprint density at radius 2 is 1.83 bits per heavy atom. The second kappa shape index (κ2) is 5.96. The number of furan rings is 2. The van der Waals surface area contributed by atoms with Gasteiger partial charge in [0.1, 0.15) is 17.3 Å². The van der Waals surface area contributed by atoms with Crippen molar-refractivity contribution in [1.82, 2.24) is 0 Å². The van der Waals surface area contributed by atoms with Crippen LogP contribution in [0.3, 0.4) is 0 Å². The van der Waals surface area contributed by atoms with Crippen LogP contribution in [0.25, 0.3) is 22.6 Å². The molecule has 0 fully saturated rings. The molecule has 3 rings (SSSR count). The molecular formula is C18H14O5. The molecule has 3 aromatic rings. The van der Waals surface area contributed by atoms with E-state index in [4.69, 9.17) is 13.6 Å². The molecule has 0 aliphatic heterocycles. The number of ether oxygens (including phenoxy) is 1. The average molecular weight is 310 g/mol. The Labute approximate surface area is 132 Å². The number of benzene rings is 1. The maximum atomic E-state index is 11.3. The van der Waals surface area contributed by atoms with Crippen LogP contribution >= 0.6 is 0 Å². The molecule has 5 nitrogen and oxygen atoms in total. The number of Topliss-reactive ketones (excluding diaryl/α,β-unsaturated/α-hetero) is 1. The predicted octanol–water partition coefficient (Wildman–Crippen LogP) is 4.23. The quantitative estimate of drug-likeness (QED) is 0.521. The van der Waals surface area contributed by atoms with Gasteiger partial charge >= 0.3 is 0 Å². The molecule has 1 aromatic carbocycles. The van der Waals surface area contributed by atoms with Gasteiger partial charge < -0.3 is 13.6 Å². The molecule has 23 heavy (non-hydrogen) atoms. The zero-order valence-corrected chi connectivity index (χ0v) is 12.7. The minimum Gasteiger partial charge on any atom is -0.496 e. The van der Waals surface area contributed by atoms with Gasteiger partial charge in [-0.2, -0.15) is 0 Å². The molecule has 0 saturated carbocycles. The summed E-state index contributed by atoms with van der Waals surface area (Å²) in [6.07, 6.45) is 0.654. The predicted molar refractivity (Wildman–Crippen MR) is 83.8 cm³/mol. The Morgan fingerprint density at radius 3 is 2.43 bits per heavy atom. The number of methoxy groups -OCH3 is 1. The maximum Gasteiger partial charge on any atom is 0.194 e. The number of carbonyl (C=O) groups excluding carboxylic acids is 2. The van der Waals surface area contributed by atoms with Crippen LogP contribution in [-0.4, -0.2) is 19.2 Å². The topological polar surface area (TPSA) is 69.7 Å². The fraction of sp³-hybridized carbons (Fsp3) is 0.111. The average Bonchev–Trinajstić information content (AvgIpc) is 3.23. The lowest BCUT2D eigenvalue weighted by atomic mass is 10.1. The molecule has 116 valence electrons. The highest BCUT2D eigenvalue weighted by atomic mass is 16.5. The van der Waals surface area contributed by atoms with Crippen molar-refractivity contribution in [1.29, 1.82) is 0 Å². The van der Waals surface area contributed by atoms with Gasteiger partial charge in [0, 0.05) is 12.5 Å². The highest BCUT2D eigenvalue weighted by Gasteiger charge is 2.14. The molecule has 0 unspecified atom stereocenters. The first kappa shape index (κ1) is 14.8. The van der Waals surface area contributed by atoms with E-state index in [1.165, 1.54) is 6.92 Å². The van der Waals surface area contributed by atoms with E-state index in [9.17, 15) is 9.59 Å². The second-order valence-electron chi connectivity index (χ2n) is 4.96. The summed E-state index contributed by atoms with van der Waals surface area (Å²) < 4.78 is 16.4. The molecule has 0 saturated heterocycles. The SMILES string of the molecule is COc1cc(-c2ccc(C=O)o2)ccc1-c1ccc(C(C)=O)o1. The molecule has 0 aliphatic rings. The smallest absolute Gasteiger partial charge is 0.194 e. The molecule has 0 atom stereocenters. The van der Waals surface area contributed by atoms with E-state index >= 15 is 0 Å². The molecule has 0 amide bonds. The molecule has 0 aliphatic carbocycles. The third kappa shape index (κ3) is 2.81. The van der Waals surface area contributed by atoms with E-state index < -0.39 is 0 Å². The summed E-state index contributed by atoms with van der Waals surface area (Å²) in [5, 5.41) is 0. The maximum absolute atomic E-state index is 11.3. The van der Waals surface area contributed by atoms with Crippen LogP contribution in [0.15, 0.2) is 51.3 Å². The van der Waals surface area contributed by atoms with E-state index in [0.717, 1.165) is 11.1 Å². The third-order valence-corrected chi connectivity index (χ3v) is 3.45. The molecular weight excluding hydrogens is 296 g/mol. The summed E-state index contributed by atoms with van der Waals surface area (Å²) in [7, 11) is 1.55. The van der Waals surface area contributed by atoms with Gasteiger partial charge in [-0.1, -0.05) is 6.07 Å².